The van der Waals surface area contributed by atoms with Crippen molar-refractivity contribution in [2.24, 2.45) is 0 Å². The van der Waals surface area contributed by atoms with E-state index in [1.54, 1.807) is 0 Å². The zero-order valence-electron chi connectivity index (χ0n) is 16.7. The SMILES string of the molecule is CCCCCCCCn1cc(CC=O)c2cc(-c3cccc(C)c3)ccc21. The summed E-state index contributed by atoms with van der Waals surface area (Å²) in [6.45, 7) is 5.41. The van der Waals surface area contributed by atoms with Gasteiger partial charge in [0, 0.05) is 30.1 Å². The van der Waals surface area contributed by atoms with Crippen molar-refractivity contribution in [1.82, 2.24) is 4.57 Å². The molecule has 2 heteroatoms. The van der Waals surface area contributed by atoms with Gasteiger partial charge in [0.05, 0.1) is 0 Å². The number of benzene rings is 2. The molecule has 0 spiro atoms. The van der Waals surface area contributed by atoms with Crippen LogP contribution in [0.3, 0.4) is 0 Å². The van der Waals surface area contributed by atoms with E-state index in [1.807, 2.05) is 0 Å². The van der Waals surface area contributed by atoms with E-state index in [-0.39, 0.29) is 0 Å². The van der Waals surface area contributed by atoms with Crippen molar-refractivity contribution in [3.05, 3.63) is 59.8 Å². The average Bonchev–Trinajstić information content (AvgIpc) is 3.02. The van der Waals surface area contributed by atoms with Crippen LogP contribution < -0.4 is 0 Å². The summed E-state index contributed by atoms with van der Waals surface area (Å²) in [5.41, 5.74) is 6.10. The fourth-order valence-electron chi connectivity index (χ4n) is 3.88. The molecule has 1 aromatic heterocycles. The van der Waals surface area contributed by atoms with Gasteiger partial charge in [-0.1, -0.05) is 74.9 Å². The minimum absolute atomic E-state index is 0.483. The van der Waals surface area contributed by atoms with Crippen LogP contribution in [0.1, 0.15) is 56.6 Å². The molecule has 0 saturated carbocycles. The molecular weight excluding hydrogens is 330 g/mol. The fourth-order valence-corrected chi connectivity index (χ4v) is 3.88. The van der Waals surface area contributed by atoms with Gasteiger partial charge in [0.2, 0.25) is 0 Å². The predicted molar refractivity (Wildman–Crippen MR) is 115 cm³/mol. The second-order valence-electron chi connectivity index (χ2n) is 7.59. The van der Waals surface area contributed by atoms with Gasteiger partial charge >= 0.3 is 0 Å². The van der Waals surface area contributed by atoms with Crippen LogP contribution in [0.5, 0.6) is 0 Å². The first-order valence-corrected chi connectivity index (χ1v) is 10.4. The molecule has 0 aliphatic rings. The zero-order chi connectivity index (χ0) is 19.1. The van der Waals surface area contributed by atoms with Crippen LogP contribution in [-0.4, -0.2) is 10.9 Å². The summed E-state index contributed by atoms with van der Waals surface area (Å²) < 4.78 is 2.34. The van der Waals surface area contributed by atoms with Gasteiger partial charge in [0.15, 0.2) is 0 Å². The number of hydrogen-bond acceptors (Lipinski definition) is 1. The Hall–Kier alpha value is -2.35. The molecule has 0 saturated heterocycles. The molecular formula is C25H31NO. The van der Waals surface area contributed by atoms with E-state index in [2.05, 4.69) is 67.1 Å². The van der Waals surface area contributed by atoms with Gasteiger partial charge in [-0.25, -0.2) is 0 Å². The number of aromatic nitrogens is 1. The number of aldehydes is 1. The quantitative estimate of drug-likeness (QED) is 0.290. The number of hydrogen-bond donors (Lipinski definition) is 0. The van der Waals surface area contributed by atoms with Gasteiger partial charge in [-0.3, -0.25) is 0 Å². The predicted octanol–water partition coefficient (Wildman–Crippen LogP) is 6.72. The van der Waals surface area contributed by atoms with Crippen LogP contribution in [0.4, 0.5) is 0 Å². The van der Waals surface area contributed by atoms with E-state index >= 15 is 0 Å². The van der Waals surface area contributed by atoms with E-state index in [0.29, 0.717) is 6.42 Å². The van der Waals surface area contributed by atoms with Crippen LogP contribution in [0.25, 0.3) is 22.0 Å². The number of rotatable bonds is 10. The van der Waals surface area contributed by atoms with Gasteiger partial charge in [-0.15, -0.1) is 0 Å². The summed E-state index contributed by atoms with van der Waals surface area (Å²) >= 11 is 0. The van der Waals surface area contributed by atoms with Crippen molar-refractivity contribution >= 4 is 17.2 Å². The maximum atomic E-state index is 11.2. The molecule has 0 bridgehead atoms. The molecule has 1 heterocycles. The summed E-state index contributed by atoms with van der Waals surface area (Å²) in [5, 5.41) is 1.21. The molecule has 0 fully saturated rings. The Morgan fingerprint density at radius 3 is 2.48 bits per heavy atom. The zero-order valence-corrected chi connectivity index (χ0v) is 16.7. The molecule has 2 aromatic carbocycles. The molecule has 0 amide bonds. The lowest BCUT2D eigenvalue weighted by Gasteiger charge is -2.07. The van der Waals surface area contributed by atoms with Crippen LogP contribution in [0.15, 0.2) is 48.7 Å². The van der Waals surface area contributed by atoms with Crippen LogP contribution in [0.2, 0.25) is 0 Å². The van der Waals surface area contributed by atoms with Crippen LogP contribution in [0, 0.1) is 6.92 Å². The highest BCUT2D eigenvalue weighted by Gasteiger charge is 2.10. The molecule has 0 aliphatic heterocycles. The van der Waals surface area contributed by atoms with Crippen molar-refractivity contribution in [2.75, 3.05) is 0 Å². The fraction of sp³-hybridized carbons (Fsp3) is 0.400. The Morgan fingerprint density at radius 1 is 0.926 bits per heavy atom. The first kappa shape index (κ1) is 19.4. The maximum absolute atomic E-state index is 11.2. The summed E-state index contributed by atoms with van der Waals surface area (Å²) in [6, 6.07) is 15.3. The highest BCUT2D eigenvalue weighted by molar-refractivity contribution is 5.90. The second-order valence-corrected chi connectivity index (χ2v) is 7.59. The molecule has 3 rings (SSSR count). The maximum Gasteiger partial charge on any atom is 0.124 e. The van der Waals surface area contributed by atoms with E-state index in [4.69, 9.17) is 0 Å². The van der Waals surface area contributed by atoms with Crippen LogP contribution in [-0.2, 0) is 17.8 Å². The molecule has 0 radical (unpaired) electrons. The monoisotopic (exact) mass is 361 g/mol. The van der Waals surface area contributed by atoms with Gasteiger partial charge in [-0.05, 0) is 42.2 Å². The Balaban J connectivity index is 1.82. The normalized spacial score (nSPS) is 11.2. The van der Waals surface area contributed by atoms with E-state index in [9.17, 15) is 4.79 Å². The Kier molecular flexibility index (Phi) is 6.86. The summed E-state index contributed by atoms with van der Waals surface area (Å²) in [5.74, 6) is 0. The average molecular weight is 362 g/mol. The first-order valence-electron chi connectivity index (χ1n) is 10.4. The molecule has 0 aliphatic carbocycles. The van der Waals surface area contributed by atoms with E-state index < -0.39 is 0 Å². The number of carbonyl (C=O) groups is 1. The third-order valence-corrected chi connectivity index (χ3v) is 5.37. The minimum Gasteiger partial charge on any atom is -0.347 e. The summed E-state index contributed by atoms with van der Waals surface area (Å²) in [7, 11) is 0. The third-order valence-electron chi connectivity index (χ3n) is 5.37. The Labute approximate surface area is 163 Å². The third kappa shape index (κ3) is 4.88. The van der Waals surface area contributed by atoms with Crippen LogP contribution >= 0.6 is 0 Å². The van der Waals surface area contributed by atoms with E-state index in [0.717, 1.165) is 18.4 Å². The number of fused-ring (bicyclic) bond motifs is 1. The lowest BCUT2D eigenvalue weighted by molar-refractivity contribution is -0.107. The summed E-state index contributed by atoms with van der Waals surface area (Å²) in [4.78, 5) is 11.2. The lowest BCUT2D eigenvalue weighted by atomic mass is 10.0. The topological polar surface area (TPSA) is 22.0 Å². The summed E-state index contributed by atoms with van der Waals surface area (Å²) in [6.07, 6.45) is 11.5. The molecule has 3 aromatic rings. The highest BCUT2D eigenvalue weighted by atomic mass is 16.1. The number of aryl methyl sites for hydroxylation is 2. The van der Waals surface area contributed by atoms with Gasteiger partial charge in [-0.2, -0.15) is 0 Å². The van der Waals surface area contributed by atoms with Crippen molar-refractivity contribution in [2.45, 2.75) is 65.3 Å². The Morgan fingerprint density at radius 2 is 1.70 bits per heavy atom. The molecule has 2 nitrogen and oxygen atoms in total. The lowest BCUT2D eigenvalue weighted by Crippen LogP contribution is -1.96. The first-order chi connectivity index (χ1) is 13.2. The standard InChI is InChI=1S/C25H31NO/c1-3-4-5-6-7-8-15-26-19-23(14-16-27)24-18-22(12-13-25(24)26)21-11-9-10-20(2)17-21/h9-13,16-19H,3-8,14-15H2,1-2H3. The molecule has 142 valence electrons. The van der Waals surface area contributed by atoms with Gasteiger partial charge < -0.3 is 9.36 Å². The number of carbonyl (C=O) groups excluding carboxylic acids is 1. The highest BCUT2D eigenvalue weighted by Crippen LogP contribution is 2.29. The molecule has 0 atom stereocenters. The Bertz CT molecular complexity index is 890. The molecule has 27 heavy (non-hydrogen) atoms. The van der Waals surface area contributed by atoms with Crippen molar-refractivity contribution < 1.29 is 4.79 Å². The minimum atomic E-state index is 0.483. The largest absolute Gasteiger partial charge is 0.347 e. The van der Waals surface area contributed by atoms with Gasteiger partial charge in [0.1, 0.15) is 6.29 Å². The molecule has 0 N–H and O–H groups in total. The van der Waals surface area contributed by atoms with E-state index in [1.165, 1.54) is 66.1 Å². The number of unbranched alkanes of at least 4 members (excludes halogenated alkanes) is 5. The van der Waals surface area contributed by atoms with Crippen molar-refractivity contribution in [1.29, 1.82) is 0 Å². The number of nitrogens with zero attached hydrogens (tertiary/aromatic N) is 1. The molecule has 0 unspecified atom stereocenters. The second kappa shape index (κ2) is 9.55. The smallest absolute Gasteiger partial charge is 0.124 e. The van der Waals surface area contributed by atoms with Gasteiger partial charge in [0.25, 0.3) is 0 Å². The van der Waals surface area contributed by atoms with Crippen molar-refractivity contribution in [3.8, 4) is 11.1 Å². The van der Waals surface area contributed by atoms with Crippen molar-refractivity contribution in [3.63, 3.8) is 0 Å².